The quantitative estimate of drug-likeness (QED) is 0.508. The average Bonchev–Trinajstić information content (AvgIpc) is 2.71. The maximum absolute atomic E-state index is 5.71. The summed E-state index contributed by atoms with van der Waals surface area (Å²) < 4.78 is 5.71. The van der Waals surface area contributed by atoms with Gasteiger partial charge < -0.3 is 4.74 Å². The van der Waals surface area contributed by atoms with Gasteiger partial charge in [-0.3, -0.25) is 11.3 Å². The summed E-state index contributed by atoms with van der Waals surface area (Å²) in [4.78, 5) is 0. The Hall–Kier alpha value is -0.120. The number of hydrogen-bond donors (Lipinski definition) is 2. The molecule has 1 rings (SSSR count). The number of ether oxygens (including phenoxy) is 1. The van der Waals surface area contributed by atoms with Crippen LogP contribution in [0.1, 0.15) is 46.0 Å². The summed E-state index contributed by atoms with van der Waals surface area (Å²) in [5.74, 6) is 6.35. The lowest BCUT2D eigenvalue weighted by Crippen LogP contribution is -2.49. The van der Waals surface area contributed by atoms with Crippen molar-refractivity contribution in [3.63, 3.8) is 0 Å². The lowest BCUT2D eigenvalue weighted by molar-refractivity contribution is 0.0157. The van der Waals surface area contributed by atoms with Gasteiger partial charge in [0.1, 0.15) is 0 Å². The first-order valence-corrected chi connectivity index (χ1v) is 5.91. The molecule has 0 aliphatic heterocycles. The summed E-state index contributed by atoms with van der Waals surface area (Å²) in [5, 5.41) is 0. The van der Waals surface area contributed by atoms with Gasteiger partial charge in [-0.2, -0.15) is 0 Å². The molecule has 84 valence electrons. The Morgan fingerprint density at radius 2 is 2.00 bits per heavy atom. The zero-order valence-electron chi connectivity index (χ0n) is 9.46. The first-order valence-electron chi connectivity index (χ1n) is 5.91. The van der Waals surface area contributed by atoms with Gasteiger partial charge in [0, 0.05) is 6.61 Å². The van der Waals surface area contributed by atoms with Crippen molar-refractivity contribution in [2.24, 2.45) is 11.8 Å². The fourth-order valence-electron chi connectivity index (χ4n) is 2.55. The van der Waals surface area contributed by atoms with Crippen LogP contribution < -0.4 is 11.3 Å². The zero-order valence-corrected chi connectivity index (χ0v) is 9.46. The molecule has 0 bridgehead atoms. The standard InChI is InChI=1S/C11H24N2O/c1-3-10(14-4-2)11(13-12)9-7-5-6-8-9/h9-11,13H,3-8,12H2,1-2H3. The summed E-state index contributed by atoms with van der Waals surface area (Å²) >= 11 is 0. The van der Waals surface area contributed by atoms with Crippen LogP contribution in [0.15, 0.2) is 0 Å². The molecule has 0 aromatic carbocycles. The minimum absolute atomic E-state index is 0.285. The van der Waals surface area contributed by atoms with Crippen LogP contribution >= 0.6 is 0 Å². The second kappa shape index (κ2) is 6.38. The van der Waals surface area contributed by atoms with Crippen molar-refractivity contribution in [2.45, 2.75) is 58.1 Å². The lowest BCUT2D eigenvalue weighted by atomic mass is 9.92. The van der Waals surface area contributed by atoms with E-state index in [2.05, 4.69) is 12.3 Å². The maximum atomic E-state index is 5.71. The Labute approximate surface area is 87.4 Å². The van der Waals surface area contributed by atoms with Gasteiger partial charge in [0.05, 0.1) is 12.1 Å². The van der Waals surface area contributed by atoms with E-state index in [4.69, 9.17) is 10.6 Å². The molecule has 1 aliphatic carbocycles. The van der Waals surface area contributed by atoms with Crippen LogP contribution in [0.3, 0.4) is 0 Å². The zero-order chi connectivity index (χ0) is 10.4. The molecule has 0 amide bonds. The first-order chi connectivity index (χ1) is 6.83. The molecular formula is C11H24N2O. The molecule has 3 heteroatoms. The van der Waals surface area contributed by atoms with E-state index in [1.807, 2.05) is 6.92 Å². The van der Waals surface area contributed by atoms with Gasteiger partial charge in [-0.15, -0.1) is 0 Å². The minimum atomic E-state index is 0.285. The van der Waals surface area contributed by atoms with Gasteiger partial charge in [0.25, 0.3) is 0 Å². The van der Waals surface area contributed by atoms with E-state index < -0.39 is 0 Å². The van der Waals surface area contributed by atoms with Crippen LogP contribution in [-0.4, -0.2) is 18.8 Å². The lowest BCUT2D eigenvalue weighted by Gasteiger charge is -2.30. The van der Waals surface area contributed by atoms with E-state index in [0.717, 1.165) is 18.9 Å². The largest absolute Gasteiger partial charge is 0.377 e. The number of nitrogens with two attached hydrogens (primary N) is 1. The van der Waals surface area contributed by atoms with Gasteiger partial charge in [0.15, 0.2) is 0 Å². The number of nitrogens with one attached hydrogen (secondary N) is 1. The second-order valence-electron chi connectivity index (χ2n) is 4.14. The Bertz CT molecular complexity index is 146. The van der Waals surface area contributed by atoms with Crippen LogP contribution in [0.25, 0.3) is 0 Å². The summed E-state index contributed by atoms with van der Waals surface area (Å²) in [6, 6.07) is 0.349. The Balaban J connectivity index is 2.48. The van der Waals surface area contributed by atoms with E-state index in [0.29, 0.717) is 6.04 Å². The van der Waals surface area contributed by atoms with Gasteiger partial charge >= 0.3 is 0 Å². The molecule has 1 saturated carbocycles. The highest BCUT2D eigenvalue weighted by Gasteiger charge is 2.30. The third kappa shape index (κ3) is 2.94. The van der Waals surface area contributed by atoms with Gasteiger partial charge in [-0.05, 0) is 32.1 Å². The molecule has 1 fully saturated rings. The first kappa shape index (κ1) is 12.0. The summed E-state index contributed by atoms with van der Waals surface area (Å²) in [7, 11) is 0. The summed E-state index contributed by atoms with van der Waals surface area (Å²) in [5.41, 5.74) is 2.95. The Kier molecular flexibility index (Phi) is 5.45. The summed E-state index contributed by atoms with van der Waals surface area (Å²) in [6.07, 6.45) is 6.64. The summed E-state index contributed by atoms with van der Waals surface area (Å²) in [6.45, 7) is 4.99. The predicted molar refractivity (Wildman–Crippen MR) is 58.8 cm³/mol. The van der Waals surface area contributed by atoms with Gasteiger partial charge in [-0.25, -0.2) is 0 Å². The van der Waals surface area contributed by atoms with Gasteiger partial charge in [0.2, 0.25) is 0 Å². The van der Waals surface area contributed by atoms with Gasteiger partial charge in [-0.1, -0.05) is 19.8 Å². The molecule has 2 atom stereocenters. The third-order valence-electron chi connectivity index (χ3n) is 3.28. The van der Waals surface area contributed by atoms with Crippen LogP contribution in [-0.2, 0) is 4.74 Å². The van der Waals surface area contributed by atoms with E-state index in [9.17, 15) is 0 Å². The molecule has 3 N–H and O–H groups in total. The molecule has 0 heterocycles. The molecule has 14 heavy (non-hydrogen) atoms. The van der Waals surface area contributed by atoms with Crippen molar-refractivity contribution in [3.05, 3.63) is 0 Å². The van der Waals surface area contributed by atoms with E-state index >= 15 is 0 Å². The Morgan fingerprint density at radius 3 is 2.43 bits per heavy atom. The van der Waals surface area contributed by atoms with Crippen LogP contribution in [0.2, 0.25) is 0 Å². The van der Waals surface area contributed by atoms with E-state index in [1.54, 1.807) is 0 Å². The average molecular weight is 200 g/mol. The van der Waals surface area contributed by atoms with Crippen LogP contribution in [0, 0.1) is 5.92 Å². The minimum Gasteiger partial charge on any atom is -0.377 e. The molecular weight excluding hydrogens is 176 g/mol. The second-order valence-corrected chi connectivity index (χ2v) is 4.14. The molecule has 3 nitrogen and oxygen atoms in total. The van der Waals surface area contributed by atoms with Crippen LogP contribution in [0.4, 0.5) is 0 Å². The van der Waals surface area contributed by atoms with Crippen molar-refractivity contribution in [1.29, 1.82) is 0 Å². The number of hydrogen-bond acceptors (Lipinski definition) is 3. The number of rotatable bonds is 6. The highest BCUT2D eigenvalue weighted by Crippen LogP contribution is 2.30. The molecule has 2 unspecified atom stereocenters. The molecule has 0 aromatic rings. The topological polar surface area (TPSA) is 47.3 Å². The fraction of sp³-hybridized carbons (Fsp3) is 1.00. The molecule has 1 aliphatic rings. The molecule has 0 radical (unpaired) electrons. The monoisotopic (exact) mass is 200 g/mol. The Morgan fingerprint density at radius 1 is 1.36 bits per heavy atom. The fourth-order valence-corrected chi connectivity index (χ4v) is 2.55. The van der Waals surface area contributed by atoms with Crippen LogP contribution in [0.5, 0.6) is 0 Å². The molecule has 0 aromatic heterocycles. The highest BCUT2D eigenvalue weighted by atomic mass is 16.5. The predicted octanol–water partition coefficient (Wildman–Crippen LogP) is 1.82. The van der Waals surface area contributed by atoms with E-state index in [1.165, 1.54) is 25.7 Å². The van der Waals surface area contributed by atoms with Crippen molar-refractivity contribution < 1.29 is 4.74 Å². The number of hydrazine groups is 1. The smallest absolute Gasteiger partial charge is 0.0741 e. The molecule has 0 saturated heterocycles. The SMILES string of the molecule is CCOC(CC)C(NN)C1CCCC1. The highest BCUT2D eigenvalue weighted by molar-refractivity contribution is 4.84. The van der Waals surface area contributed by atoms with Crippen molar-refractivity contribution in [3.8, 4) is 0 Å². The van der Waals surface area contributed by atoms with Crippen molar-refractivity contribution in [2.75, 3.05) is 6.61 Å². The molecule has 0 spiro atoms. The van der Waals surface area contributed by atoms with E-state index in [-0.39, 0.29) is 6.10 Å². The third-order valence-corrected chi connectivity index (χ3v) is 3.28. The maximum Gasteiger partial charge on any atom is 0.0741 e. The van der Waals surface area contributed by atoms with Crippen molar-refractivity contribution >= 4 is 0 Å². The normalized spacial score (nSPS) is 22.5. The van der Waals surface area contributed by atoms with Crippen molar-refractivity contribution in [1.82, 2.24) is 5.43 Å².